The van der Waals surface area contributed by atoms with E-state index in [0.717, 1.165) is 4.90 Å². The first-order valence-electron chi connectivity index (χ1n) is 8.37. The monoisotopic (exact) mass is 418 g/mol. The van der Waals surface area contributed by atoms with E-state index in [1.54, 1.807) is 36.4 Å². The van der Waals surface area contributed by atoms with Crippen LogP contribution in [0, 0.1) is 11.3 Å². The van der Waals surface area contributed by atoms with Gasteiger partial charge in [0.1, 0.15) is 6.54 Å². The zero-order valence-electron chi connectivity index (χ0n) is 14.6. The summed E-state index contributed by atoms with van der Waals surface area (Å²) in [5.74, 6) is -2.35. The lowest BCUT2D eigenvalue weighted by Gasteiger charge is -2.12. The maximum Gasteiger partial charge on any atom is 0.291 e. The van der Waals surface area contributed by atoms with Crippen LogP contribution in [0.25, 0.3) is 11.0 Å². The van der Waals surface area contributed by atoms with Crippen molar-refractivity contribution in [2.24, 2.45) is 0 Å². The fraction of sp³-hybridized carbons (Fsp3) is 0.211. The van der Waals surface area contributed by atoms with Crippen molar-refractivity contribution in [1.82, 2.24) is 9.55 Å². The highest BCUT2D eigenvalue weighted by Gasteiger charge is 2.18. The number of aromatic nitrogens is 2. The Hall–Kier alpha value is -2.57. The second-order valence-electron chi connectivity index (χ2n) is 5.65. The average molecular weight is 418 g/mol. The molecule has 2 aromatic carbocycles. The molecule has 144 valence electrons. The minimum absolute atomic E-state index is 0.100. The van der Waals surface area contributed by atoms with Crippen molar-refractivity contribution >= 4 is 46.2 Å². The molecule has 9 heteroatoms. The first kappa shape index (κ1) is 20.2. The van der Waals surface area contributed by atoms with Crippen LogP contribution in [-0.4, -0.2) is 27.0 Å². The number of nitrogens with zero attached hydrogens (tertiary/aromatic N) is 3. The number of alkyl halides is 2. The van der Waals surface area contributed by atoms with Gasteiger partial charge in [0.2, 0.25) is 5.91 Å². The molecule has 0 saturated heterocycles. The quantitative estimate of drug-likeness (QED) is 0.412. The molecule has 0 aliphatic rings. The van der Waals surface area contributed by atoms with Crippen molar-refractivity contribution in [2.45, 2.75) is 28.8 Å². The highest BCUT2D eigenvalue weighted by atomic mass is 32.2. The third-order valence-corrected chi connectivity index (χ3v) is 5.52. The molecular formula is C19H16F2N4OS2. The lowest BCUT2D eigenvalue weighted by Crippen LogP contribution is -2.19. The standard InChI is InChI=1S/C19H16F2N4OS2/c20-18(21)28-19-24-13-6-1-3-8-15(13)25(19)12-17(26)23-14-7-2-4-9-16(14)27-11-5-10-22/h1-4,6-9,18H,5,11-12H2,(H,23,26). The Balaban J connectivity index is 1.80. The van der Waals surface area contributed by atoms with Crippen LogP contribution in [0.4, 0.5) is 14.5 Å². The number of amides is 1. The van der Waals surface area contributed by atoms with Crippen LogP contribution >= 0.6 is 23.5 Å². The van der Waals surface area contributed by atoms with E-state index < -0.39 is 5.76 Å². The SMILES string of the molecule is N#CCCSc1ccccc1NC(=O)Cn1c(SC(F)F)nc2ccccc21. The Kier molecular flexibility index (Phi) is 6.90. The number of benzene rings is 2. The van der Waals surface area contributed by atoms with Crippen LogP contribution in [0.3, 0.4) is 0 Å². The molecule has 0 radical (unpaired) electrons. The second kappa shape index (κ2) is 9.57. The van der Waals surface area contributed by atoms with Gasteiger partial charge in [-0.15, -0.1) is 11.8 Å². The van der Waals surface area contributed by atoms with E-state index in [1.807, 2.05) is 12.1 Å². The summed E-state index contributed by atoms with van der Waals surface area (Å²) in [6.45, 7) is -0.132. The normalized spacial score (nSPS) is 10.9. The Morgan fingerprint density at radius 2 is 1.96 bits per heavy atom. The number of rotatable bonds is 8. The van der Waals surface area contributed by atoms with Gasteiger partial charge in [-0.2, -0.15) is 14.0 Å². The first-order valence-corrected chi connectivity index (χ1v) is 10.2. The van der Waals surface area contributed by atoms with Crippen LogP contribution < -0.4 is 5.32 Å². The number of carbonyl (C=O) groups excluding carboxylic acids is 1. The number of fused-ring (bicyclic) bond motifs is 1. The van der Waals surface area contributed by atoms with Crippen molar-refractivity contribution in [2.75, 3.05) is 11.1 Å². The molecule has 0 saturated carbocycles. The smallest absolute Gasteiger partial charge is 0.291 e. The third kappa shape index (κ3) is 5.03. The van der Waals surface area contributed by atoms with Gasteiger partial charge in [-0.05, 0) is 36.0 Å². The molecule has 1 amide bonds. The number of imidazole rings is 1. The van der Waals surface area contributed by atoms with Crippen molar-refractivity contribution in [1.29, 1.82) is 5.26 Å². The summed E-state index contributed by atoms with van der Waals surface area (Å²) in [4.78, 5) is 17.7. The van der Waals surface area contributed by atoms with Gasteiger partial charge < -0.3 is 9.88 Å². The predicted molar refractivity (Wildman–Crippen MR) is 108 cm³/mol. The van der Waals surface area contributed by atoms with Crippen molar-refractivity contribution in [3.8, 4) is 6.07 Å². The van der Waals surface area contributed by atoms with Gasteiger partial charge in [-0.1, -0.05) is 24.3 Å². The largest absolute Gasteiger partial charge is 0.324 e. The molecule has 0 spiro atoms. The van der Waals surface area contributed by atoms with Crippen LogP contribution in [0.1, 0.15) is 6.42 Å². The molecule has 0 unspecified atom stereocenters. The number of nitriles is 1. The summed E-state index contributed by atoms with van der Waals surface area (Å²) in [6, 6.07) is 16.4. The zero-order valence-corrected chi connectivity index (χ0v) is 16.3. The molecule has 0 aliphatic heterocycles. The molecular weight excluding hydrogens is 402 g/mol. The van der Waals surface area contributed by atoms with E-state index >= 15 is 0 Å². The fourth-order valence-corrected chi connectivity index (χ4v) is 4.07. The maximum atomic E-state index is 12.9. The average Bonchev–Trinajstić information content (AvgIpc) is 3.00. The molecule has 0 bridgehead atoms. The molecule has 1 N–H and O–H groups in total. The second-order valence-corrected chi connectivity index (χ2v) is 7.74. The van der Waals surface area contributed by atoms with E-state index in [9.17, 15) is 13.6 Å². The van der Waals surface area contributed by atoms with Gasteiger partial charge in [-0.3, -0.25) is 4.79 Å². The van der Waals surface area contributed by atoms with Crippen LogP contribution in [0.2, 0.25) is 0 Å². The summed E-state index contributed by atoms with van der Waals surface area (Å²) < 4.78 is 27.3. The highest BCUT2D eigenvalue weighted by Crippen LogP contribution is 2.30. The molecule has 3 rings (SSSR count). The maximum absolute atomic E-state index is 12.9. The first-order chi connectivity index (χ1) is 13.6. The van der Waals surface area contributed by atoms with E-state index in [4.69, 9.17) is 5.26 Å². The number of carbonyl (C=O) groups is 1. The number of hydrogen-bond donors (Lipinski definition) is 1. The number of halogens is 2. The molecule has 3 aromatic rings. The van der Waals surface area contributed by atoms with Gasteiger partial charge in [0.05, 0.1) is 22.8 Å². The Morgan fingerprint density at radius 3 is 2.75 bits per heavy atom. The van der Waals surface area contributed by atoms with Gasteiger partial charge in [0.15, 0.2) is 5.16 Å². The van der Waals surface area contributed by atoms with E-state index in [2.05, 4.69) is 16.4 Å². The third-order valence-electron chi connectivity index (χ3n) is 3.75. The summed E-state index contributed by atoms with van der Waals surface area (Å²) in [5, 5.41) is 11.6. The lowest BCUT2D eigenvalue weighted by atomic mass is 10.3. The summed E-state index contributed by atoms with van der Waals surface area (Å²) in [7, 11) is 0. The molecule has 5 nitrogen and oxygen atoms in total. The Morgan fingerprint density at radius 1 is 1.21 bits per heavy atom. The molecule has 28 heavy (non-hydrogen) atoms. The Labute approximate surface area is 169 Å². The van der Waals surface area contributed by atoms with Crippen LogP contribution in [0.5, 0.6) is 0 Å². The number of anilines is 1. The van der Waals surface area contributed by atoms with Gasteiger partial charge in [0, 0.05) is 17.1 Å². The molecule has 0 aliphatic carbocycles. The number of hydrogen-bond acceptors (Lipinski definition) is 5. The summed E-state index contributed by atoms with van der Waals surface area (Å²) >= 11 is 1.80. The van der Waals surface area contributed by atoms with Crippen molar-refractivity contribution in [3.05, 3.63) is 48.5 Å². The minimum atomic E-state index is -2.63. The van der Waals surface area contributed by atoms with E-state index in [-0.39, 0.29) is 17.6 Å². The predicted octanol–water partition coefficient (Wildman–Crippen LogP) is 5.00. The summed E-state index contributed by atoms with van der Waals surface area (Å²) in [5.41, 5.74) is 1.81. The highest BCUT2D eigenvalue weighted by molar-refractivity contribution is 7.99. The molecule has 0 atom stereocenters. The topological polar surface area (TPSA) is 70.7 Å². The molecule has 1 heterocycles. The van der Waals surface area contributed by atoms with E-state index in [0.29, 0.717) is 40.7 Å². The van der Waals surface area contributed by atoms with Crippen LogP contribution in [-0.2, 0) is 11.3 Å². The number of para-hydroxylation sites is 3. The summed E-state index contributed by atoms with van der Waals surface area (Å²) in [6.07, 6.45) is 0.405. The van der Waals surface area contributed by atoms with Gasteiger partial charge in [0.25, 0.3) is 5.76 Å². The van der Waals surface area contributed by atoms with Crippen molar-refractivity contribution < 1.29 is 13.6 Å². The van der Waals surface area contributed by atoms with Crippen LogP contribution in [0.15, 0.2) is 58.6 Å². The number of thioether (sulfide) groups is 2. The fourth-order valence-electron chi connectivity index (χ4n) is 2.61. The van der Waals surface area contributed by atoms with Gasteiger partial charge >= 0.3 is 0 Å². The zero-order chi connectivity index (χ0) is 19.9. The molecule has 0 fully saturated rings. The number of nitrogens with one attached hydrogen (secondary N) is 1. The Bertz CT molecular complexity index is 1020. The minimum Gasteiger partial charge on any atom is -0.324 e. The van der Waals surface area contributed by atoms with Gasteiger partial charge in [-0.25, -0.2) is 4.98 Å². The van der Waals surface area contributed by atoms with Crippen molar-refractivity contribution in [3.63, 3.8) is 0 Å². The molecule has 1 aromatic heterocycles. The lowest BCUT2D eigenvalue weighted by molar-refractivity contribution is -0.116. The van der Waals surface area contributed by atoms with E-state index in [1.165, 1.54) is 16.3 Å².